The van der Waals surface area contributed by atoms with Gasteiger partial charge in [0.05, 0.1) is 6.10 Å². The summed E-state index contributed by atoms with van der Waals surface area (Å²) in [6, 6.07) is 0. The molecule has 0 heterocycles. The Morgan fingerprint density at radius 3 is 2.79 bits per heavy atom. The summed E-state index contributed by atoms with van der Waals surface area (Å²) in [4.78, 5) is 11.6. The van der Waals surface area contributed by atoms with E-state index < -0.39 is 6.10 Å². The van der Waals surface area contributed by atoms with Crippen molar-refractivity contribution in [3.63, 3.8) is 0 Å². The third kappa shape index (κ3) is 2.68. The average Bonchev–Trinajstić information content (AvgIpc) is 2.18. The second-order valence-corrected chi connectivity index (χ2v) is 4.19. The molecule has 1 saturated carbocycles. The van der Waals surface area contributed by atoms with Crippen molar-refractivity contribution in [2.75, 3.05) is 0 Å². The van der Waals surface area contributed by atoms with Gasteiger partial charge in [0, 0.05) is 18.3 Å². The van der Waals surface area contributed by atoms with E-state index in [9.17, 15) is 9.90 Å². The zero-order valence-corrected chi connectivity index (χ0v) is 9.07. The van der Waals surface area contributed by atoms with Crippen LogP contribution in [0, 0.1) is 11.8 Å². The molecule has 1 aliphatic carbocycles. The minimum absolute atomic E-state index is 0.0899. The van der Waals surface area contributed by atoms with Gasteiger partial charge in [-0.15, -0.1) is 0 Å². The minimum atomic E-state index is -0.487. The SMILES string of the molecule is C/C=C/C(C)C(O)C1CCCCC1=O. The summed E-state index contributed by atoms with van der Waals surface area (Å²) >= 11 is 0. The predicted molar refractivity (Wildman–Crippen MR) is 56.9 cm³/mol. The Kier molecular flexibility index (Phi) is 4.33. The second-order valence-electron chi connectivity index (χ2n) is 4.19. The number of aliphatic hydroxyl groups excluding tert-OH is 1. The van der Waals surface area contributed by atoms with E-state index in [-0.39, 0.29) is 17.6 Å². The lowest BCUT2D eigenvalue weighted by Crippen LogP contribution is -2.34. The van der Waals surface area contributed by atoms with Gasteiger partial charge in [-0.3, -0.25) is 4.79 Å². The number of allylic oxidation sites excluding steroid dienone is 1. The van der Waals surface area contributed by atoms with Gasteiger partial charge in [-0.05, 0) is 19.8 Å². The van der Waals surface area contributed by atoms with Crippen molar-refractivity contribution in [2.24, 2.45) is 11.8 Å². The average molecular weight is 196 g/mol. The van der Waals surface area contributed by atoms with Gasteiger partial charge in [-0.1, -0.05) is 25.5 Å². The van der Waals surface area contributed by atoms with Crippen LogP contribution < -0.4 is 0 Å². The first-order chi connectivity index (χ1) is 6.66. The molecule has 80 valence electrons. The van der Waals surface area contributed by atoms with E-state index in [1.54, 1.807) is 0 Å². The standard InChI is InChI=1S/C12H20O2/c1-3-6-9(2)12(14)10-7-4-5-8-11(10)13/h3,6,9-10,12,14H,4-5,7-8H2,1-2H3/b6-3+. The molecule has 14 heavy (non-hydrogen) atoms. The number of Topliss-reactive ketones (excluding diaryl/α,β-unsaturated/α-hetero) is 1. The van der Waals surface area contributed by atoms with Crippen molar-refractivity contribution < 1.29 is 9.90 Å². The van der Waals surface area contributed by atoms with Gasteiger partial charge in [-0.2, -0.15) is 0 Å². The monoisotopic (exact) mass is 196 g/mol. The molecule has 3 unspecified atom stereocenters. The largest absolute Gasteiger partial charge is 0.392 e. The van der Waals surface area contributed by atoms with Crippen LogP contribution in [0.4, 0.5) is 0 Å². The quantitative estimate of drug-likeness (QED) is 0.703. The summed E-state index contributed by atoms with van der Waals surface area (Å²) in [6.45, 7) is 3.90. The molecule has 0 bridgehead atoms. The Morgan fingerprint density at radius 2 is 2.21 bits per heavy atom. The van der Waals surface area contributed by atoms with Gasteiger partial charge in [0.1, 0.15) is 5.78 Å². The highest BCUT2D eigenvalue weighted by molar-refractivity contribution is 5.82. The summed E-state index contributed by atoms with van der Waals surface area (Å²) in [6.07, 6.45) is 7.01. The van der Waals surface area contributed by atoms with E-state index in [1.165, 1.54) is 0 Å². The molecule has 0 saturated heterocycles. The highest BCUT2D eigenvalue weighted by Gasteiger charge is 2.31. The smallest absolute Gasteiger partial charge is 0.138 e. The Balaban J connectivity index is 2.57. The van der Waals surface area contributed by atoms with Crippen molar-refractivity contribution in [1.82, 2.24) is 0 Å². The summed E-state index contributed by atoms with van der Waals surface area (Å²) in [5.41, 5.74) is 0. The molecule has 0 spiro atoms. The molecule has 0 radical (unpaired) electrons. The molecule has 1 aliphatic rings. The number of rotatable bonds is 3. The Bertz CT molecular complexity index is 220. The van der Waals surface area contributed by atoms with E-state index in [0.29, 0.717) is 6.42 Å². The molecule has 0 aliphatic heterocycles. The highest BCUT2D eigenvalue weighted by Crippen LogP contribution is 2.27. The molecule has 0 aromatic heterocycles. The van der Waals surface area contributed by atoms with Gasteiger partial charge in [0.25, 0.3) is 0 Å². The minimum Gasteiger partial charge on any atom is -0.392 e. The van der Waals surface area contributed by atoms with Crippen LogP contribution in [0.2, 0.25) is 0 Å². The van der Waals surface area contributed by atoms with E-state index in [4.69, 9.17) is 0 Å². The fraction of sp³-hybridized carbons (Fsp3) is 0.750. The van der Waals surface area contributed by atoms with Gasteiger partial charge in [0.15, 0.2) is 0 Å². The first-order valence-corrected chi connectivity index (χ1v) is 5.50. The number of ketones is 1. The molecular weight excluding hydrogens is 176 g/mol. The molecule has 0 aromatic rings. The molecular formula is C12H20O2. The third-order valence-corrected chi connectivity index (χ3v) is 3.05. The maximum absolute atomic E-state index is 11.6. The van der Waals surface area contributed by atoms with Crippen LogP contribution in [0.1, 0.15) is 39.5 Å². The Morgan fingerprint density at radius 1 is 1.50 bits per heavy atom. The van der Waals surface area contributed by atoms with Crippen LogP contribution in [0.3, 0.4) is 0 Å². The van der Waals surface area contributed by atoms with Crippen molar-refractivity contribution in [3.05, 3.63) is 12.2 Å². The lowest BCUT2D eigenvalue weighted by atomic mass is 9.80. The van der Waals surface area contributed by atoms with Crippen LogP contribution in [-0.2, 0) is 4.79 Å². The van der Waals surface area contributed by atoms with Gasteiger partial charge in [0.2, 0.25) is 0 Å². The van der Waals surface area contributed by atoms with E-state index >= 15 is 0 Å². The van der Waals surface area contributed by atoms with E-state index in [1.807, 2.05) is 26.0 Å². The lowest BCUT2D eigenvalue weighted by Gasteiger charge is -2.28. The van der Waals surface area contributed by atoms with Crippen molar-refractivity contribution in [1.29, 1.82) is 0 Å². The predicted octanol–water partition coefficient (Wildman–Crippen LogP) is 2.32. The van der Waals surface area contributed by atoms with Crippen LogP contribution >= 0.6 is 0 Å². The number of carbonyl (C=O) groups excluding carboxylic acids is 1. The number of hydrogen-bond donors (Lipinski definition) is 1. The normalized spacial score (nSPS) is 27.9. The van der Waals surface area contributed by atoms with Crippen molar-refractivity contribution in [3.8, 4) is 0 Å². The van der Waals surface area contributed by atoms with Gasteiger partial charge >= 0.3 is 0 Å². The molecule has 2 heteroatoms. The van der Waals surface area contributed by atoms with Crippen molar-refractivity contribution in [2.45, 2.75) is 45.6 Å². The third-order valence-electron chi connectivity index (χ3n) is 3.05. The summed E-state index contributed by atoms with van der Waals surface area (Å²) in [7, 11) is 0. The summed E-state index contributed by atoms with van der Waals surface area (Å²) in [5.74, 6) is 0.224. The van der Waals surface area contributed by atoms with Gasteiger partial charge in [-0.25, -0.2) is 0 Å². The number of carbonyl (C=O) groups is 1. The summed E-state index contributed by atoms with van der Waals surface area (Å²) in [5, 5.41) is 9.97. The maximum Gasteiger partial charge on any atom is 0.138 e. The Hall–Kier alpha value is -0.630. The molecule has 2 nitrogen and oxygen atoms in total. The fourth-order valence-electron chi connectivity index (χ4n) is 2.15. The zero-order valence-electron chi connectivity index (χ0n) is 9.07. The Labute approximate surface area is 86.0 Å². The van der Waals surface area contributed by atoms with Gasteiger partial charge < -0.3 is 5.11 Å². The molecule has 0 amide bonds. The molecule has 3 atom stereocenters. The summed E-state index contributed by atoms with van der Waals surface area (Å²) < 4.78 is 0. The number of hydrogen-bond acceptors (Lipinski definition) is 2. The van der Waals surface area contributed by atoms with Crippen LogP contribution in [0.5, 0.6) is 0 Å². The second kappa shape index (κ2) is 5.30. The fourth-order valence-corrected chi connectivity index (χ4v) is 2.15. The van der Waals surface area contributed by atoms with E-state index in [0.717, 1.165) is 19.3 Å². The molecule has 1 fully saturated rings. The first-order valence-electron chi connectivity index (χ1n) is 5.50. The topological polar surface area (TPSA) is 37.3 Å². The zero-order chi connectivity index (χ0) is 10.6. The first kappa shape index (κ1) is 11.4. The highest BCUT2D eigenvalue weighted by atomic mass is 16.3. The van der Waals surface area contributed by atoms with Crippen LogP contribution in [-0.4, -0.2) is 17.0 Å². The lowest BCUT2D eigenvalue weighted by molar-refractivity contribution is -0.129. The van der Waals surface area contributed by atoms with Crippen LogP contribution in [0.15, 0.2) is 12.2 Å². The van der Waals surface area contributed by atoms with Crippen LogP contribution in [0.25, 0.3) is 0 Å². The molecule has 1 rings (SSSR count). The molecule has 0 aromatic carbocycles. The maximum atomic E-state index is 11.6. The van der Waals surface area contributed by atoms with E-state index in [2.05, 4.69) is 0 Å². The molecule has 1 N–H and O–H groups in total. The van der Waals surface area contributed by atoms with Crippen molar-refractivity contribution >= 4 is 5.78 Å². The number of aliphatic hydroxyl groups is 1.